The number of aldehydes is 1. The van der Waals surface area contributed by atoms with Crippen molar-refractivity contribution in [1.82, 2.24) is 0 Å². The third kappa shape index (κ3) is 13.0. The lowest BCUT2D eigenvalue weighted by Crippen LogP contribution is -2.18. The van der Waals surface area contributed by atoms with Crippen molar-refractivity contribution in [3.05, 3.63) is 24.2 Å². The van der Waals surface area contributed by atoms with Crippen molar-refractivity contribution in [2.45, 2.75) is 0 Å². The number of amides is 2. The highest BCUT2D eigenvalue weighted by Crippen LogP contribution is 1.92. The lowest BCUT2D eigenvalue weighted by molar-refractivity contribution is -0.0980. The molecule has 0 aliphatic heterocycles. The van der Waals surface area contributed by atoms with Gasteiger partial charge in [-0.1, -0.05) is 0 Å². The van der Waals surface area contributed by atoms with Gasteiger partial charge in [-0.25, -0.2) is 4.79 Å². The summed E-state index contributed by atoms with van der Waals surface area (Å²) in [6.45, 7) is 2.00. The molecule has 1 aromatic heterocycles. The van der Waals surface area contributed by atoms with Crippen molar-refractivity contribution in [3.8, 4) is 0 Å². The zero-order valence-electron chi connectivity index (χ0n) is 6.80. The van der Waals surface area contributed by atoms with E-state index < -0.39 is 6.03 Å². The van der Waals surface area contributed by atoms with Gasteiger partial charge in [0.05, 0.1) is 6.26 Å². The molecule has 0 spiro atoms. The van der Waals surface area contributed by atoms with Gasteiger partial charge in [0, 0.05) is 0 Å². The smallest absolute Gasteiger partial charge is 0.309 e. The summed E-state index contributed by atoms with van der Waals surface area (Å²) in [5.74, 6) is 0.375. The Morgan fingerprint density at radius 2 is 1.92 bits per heavy atom. The van der Waals surface area contributed by atoms with Crippen LogP contribution in [-0.2, 0) is 4.79 Å². The van der Waals surface area contributed by atoms with Crippen LogP contribution in [0.3, 0.4) is 0 Å². The van der Waals surface area contributed by atoms with E-state index in [1.54, 1.807) is 12.1 Å². The summed E-state index contributed by atoms with van der Waals surface area (Å²) in [5, 5.41) is 0. The fourth-order valence-corrected chi connectivity index (χ4v) is 0.358. The zero-order valence-corrected chi connectivity index (χ0v) is 6.80. The molecule has 72 valence electrons. The van der Waals surface area contributed by atoms with E-state index in [1.165, 1.54) is 6.26 Å². The molecule has 0 aliphatic rings. The van der Waals surface area contributed by atoms with Crippen molar-refractivity contribution < 1.29 is 18.8 Å². The average Bonchev–Trinajstić information content (AvgIpc) is 2.58. The van der Waals surface area contributed by atoms with E-state index in [0.29, 0.717) is 12.0 Å². The van der Waals surface area contributed by atoms with Crippen LogP contribution in [0.1, 0.15) is 10.6 Å². The lowest BCUT2D eigenvalue weighted by atomic mass is 10.5. The Hall–Kier alpha value is -2.11. The highest BCUT2D eigenvalue weighted by Gasteiger charge is 1.84. The van der Waals surface area contributed by atoms with Crippen molar-refractivity contribution in [3.63, 3.8) is 0 Å². The zero-order chi connectivity index (χ0) is 10.7. The molecule has 0 aliphatic carbocycles. The van der Waals surface area contributed by atoms with E-state index in [-0.39, 0.29) is 0 Å². The number of urea groups is 1. The van der Waals surface area contributed by atoms with Gasteiger partial charge in [0.1, 0.15) is 6.79 Å². The van der Waals surface area contributed by atoms with E-state index in [4.69, 9.17) is 9.59 Å². The summed E-state index contributed by atoms with van der Waals surface area (Å²) in [7, 11) is 0. The van der Waals surface area contributed by atoms with Crippen molar-refractivity contribution in [2.24, 2.45) is 11.5 Å². The molecule has 0 unspecified atom stereocenters. The van der Waals surface area contributed by atoms with Crippen LogP contribution < -0.4 is 11.5 Å². The topological polar surface area (TPSA) is 116 Å². The second-order valence-electron chi connectivity index (χ2n) is 1.54. The van der Waals surface area contributed by atoms with Crippen LogP contribution in [0.5, 0.6) is 0 Å². The fraction of sp³-hybridized carbons (Fsp3) is 0. The molecule has 2 amide bonds. The summed E-state index contributed by atoms with van der Waals surface area (Å²) in [6.07, 6.45) is 2.13. The molecular formula is C7H10N2O4. The summed E-state index contributed by atoms with van der Waals surface area (Å²) < 4.78 is 4.61. The maximum absolute atomic E-state index is 9.77. The van der Waals surface area contributed by atoms with Crippen LogP contribution in [0, 0.1) is 0 Å². The second kappa shape index (κ2) is 9.89. The first-order valence-corrected chi connectivity index (χ1v) is 2.99. The van der Waals surface area contributed by atoms with Gasteiger partial charge in [0.25, 0.3) is 0 Å². The van der Waals surface area contributed by atoms with E-state index in [2.05, 4.69) is 15.9 Å². The molecular weight excluding hydrogens is 176 g/mol. The molecule has 0 aromatic carbocycles. The van der Waals surface area contributed by atoms with Gasteiger partial charge in [0.2, 0.25) is 0 Å². The summed E-state index contributed by atoms with van der Waals surface area (Å²) >= 11 is 0. The maximum Gasteiger partial charge on any atom is 0.309 e. The first kappa shape index (κ1) is 13.5. The molecule has 1 rings (SSSR count). The van der Waals surface area contributed by atoms with Crippen LogP contribution in [0.4, 0.5) is 4.79 Å². The Labute approximate surface area is 74.5 Å². The molecule has 0 fully saturated rings. The van der Waals surface area contributed by atoms with Crippen molar-refractivity contribution in [1.29, 1.82) is 0 Å². The molecule has 0 saturated carbocycles. The predicted molar refractivity (Wildman–Crippen MR) is 45.0 cm³/mol. The van der Waals surface area contributed by atoms with Crippen LogP contribution in [-0.4, -0.2) is 19.1 Å². The maximum atomic E-state index is 9.77. The summed E-state index contributed by atoms with van der Waals surface area (Å²) in [6, 6.07) is 2.44. The van der Waals surface area contributed by atoms with Gasteiger partial charge >= 0.3 is 6.03 Å². The number of primary amides is 2. The van der Waals surface area contributed by atoms with Gasteiger partial charge in [-0.3, -0.25) is 4.79 Å². The Morgan fingerprint density at radius 1 is 1.46 bits per heavy atom. The van der Waals surface area contributed by atoms with Gasteiger partial charge in [-0.2, -0.15) is 0 Å². The number of carbonyl (C=O) groups is 3. The Bertz CT molecular complexity index is 229. The number of carbonyl (C=O) groups excluding carboxylic acids is 3. The standard InChI is InChI=1S/C5H4O2.CH4N2O.CH2O/c6-4-5-2-1-3-7-5;2-1(3)4;1-2/h1-4H;(H4,2,3,4);1H2. The van der Waals surface area contributed by atoms with Gasteiger partial charge in [-0.15, -0.1) is 0 Å². The molecule has 6 nitrogen and oxygen atoms in total. The first-order chi connectivity index (χ1) is 6.16. The molecule has 0 radical (unpaired) electrons. The van der Waals surface area contributed by atoms with Crippen LogP contribution >= 0.6 is 0 Å². The van der Waals surface area contributed by atoms with Crippen molar-refractivity contribution >= 4 is 19.1 Å². The number of nitrogens with two attached hydrogens (primary N) is 2. The normalized spacial score (nSPS) is 6.77. The molecule has 13 heavy (non-hydrogen) atoms. The molecule has 1 heterocycles. The Balaban J connectivity index is 0. The minimum absolute atomic E-state index is 0.375. The fourth-order valence-electron chi connectivity index (χ4n) is 0.358. The average molecular weight is 186 g/mol. The second-order valence-corrected chi connectivity index (χ2v) is 1.54. The third-order valence-electron chi connectivity index (χ3n) is 0.659. The minimum Gasteiger partial charge on any atom is -0.462 e. The molecule has 4 N–H and O–H groups in total. The number of hydrogen-bond acceptors (Lipinski definition) is 4. The van der Waals surface area contributed by atoms with Crippen LogP contribution in [0.25, 0.3) is 0 Å². The van der Waals surface area contributed by atoms with Gasteiger partial charge < -0.3 is 20.7 Å². The van der Waals surface area contributed by atoms with Crippen LogP contribution in [0.2, 0.25) is 0 Å². The highest BCUT2D eigenvalue weighted by molar-refractivity contribution is 5.70. The minimum atomic E-state index is -0.833. The summed E-state index contributed by atoms with van der Waals surface area (Å²) in [4.78, 5) is 26.8. The monoisotopic (exact) mass is 186 g/mol. The van der Waals surface area contributed by atoms with E-state index in [0.717, 1.165) is 0 Å². The Kier molecular flexibility index (Phi) is 10.3. The first-order valence-electron chi connectivity index (χ1n) is 2.99. The van der Waals surface area contributed by atoms with Crippen molar-refractivity contribution in [2.75, 3.05) is 0 Å². The SMILES string of the molecule is C=O.NC(N)=O.O=Cc1ccco1. The summed E-state index contributed by atoms with van der Waals surface area (Å²) in [5.41, 5.74) is 8.50. The van der Waals surface area contributed by atoms with E-state index in [9.17, 15) is 4.79 Å². The number of furan rings is 1. The predicted octanol–water partition coefficient (Wildman–Crippen LogP) is -0.0690. The molecule has 6 heteroatoms. The Morgan fingerprint density at radius 3 is 2.08 bits per heavy atom. The quantitative estimate of drug-likeness (QED) is 0.597. The molecule has 0 atom stereocenters. The largest absolute Gasteiger partial charge is 0.462 e. The van der Waals surface area contributed by atoms with Gasteiger partial charge in [-0.05, 0) is 12.1 Å². The number of hydrogen-bond donors (Lipinski definition) is 2. The lowest BCUT2D eigenvalue weighted by Gasteiger charge is -1.68. The highest BCUT2D eigenvalue weighted by atomic mass is 16.3. The molecule has 1 aromatic rings. The number of rotatable bonds is 1. The van der Waals surface area contributed by atoms with Gasteiger partial charge in [0.15, 0.2) is 12.0 Å². The van der Waals surface area contributed by atoms with E-state index in [1.807, 2.05) is 6.79 Å². The van der Waals surface area contributed by atoms with E-state index >= 15 is 0 Å². The van der Waals surface area contributed by atoms with Crippen LogP contribution in [0.15, 0.2) is 22.8 Å². The molecule has 0 saturated heterocycles. The third-order valence-corrected chi connectivity index (χ3v) is 0.659. The molecule has 0 bridgehead atoms.